The van der Waals surface area contributed by atoms with Crippen molar-refractivity contribution in [1.82, 2.24) is 25.3 Å². The number of carbonyl (C=O) groups is 2. The molecule has 1 aromatic heterocycles. The van der Waals surface area contributed by atoms with E-state index in [-0.39, 0.29) is 24.1 Å². The highest BCUT2D eigenvalue weighted by atomic mass is 16.5. The fraction of sp³-hybridized carbons (Fsp3) is 0.688. The summed E-state index contributed by atoms with van der Waals surface area (Å²) in [6.07, 6.45) is 1.19. The van der Waals surface area contributed by atoms with Gasteiger partial charge in [-0.1, -0.05) is 0 Å². The number of likely N-dealkylation sites (tertiary alicyclic amines) is 1. The van der Waals surface area contributed by atoms with Crippen LogP contribution in [0.5, 0.6) is 0 Å². The van der Waals surface area contributed by atoms with Gasteiger partial charge in [0.05, 0.1) is 11.7 Å². The summed E-state index contributed by atoms with van der Waals surface area (Å²) < 4.78 is 7.69. The van der Waals surface area contributed by atoms with E-state index in [4.69, 9.17) is 4.74 Å². The van der Waals surface area contributed by atoms with Crippen molar-refractivity contribution >= 4 is 11.9 Å². The van der Waals surface area contributed by atoms with E-state index in [2.05, 4.69) is 15.7 Å². The minimum atomic E-state index is -0.433. The number of nitrogens with one attached hydrogen (secondary N) is 2. The van der Waals surface area contributed by atoms with Gasteiger partial charge in [0.2, 0.25) is 5.91 Å². The van der Waals surface area contributed by atoms with Crippen molar-refractivity contribution < 1.29 is 14.3 Å². The number of ether oxygens (including phenoxy) is 1. The second kappa shape index (κ2) is 6.43. The second-order valence-corrected chi connectivity index (χ2v) is 6.61. The zero-order valence-electron chi connectivity index (χ0n) is 14.6. The van der Waals surface area contributed by atoms with Crippen molar-refractivity contribution in [3.8, 4) is 0 Å². The van der Waals surface area contributed by atoms with E-state index in [1.165, 1.54) is 0 Å². The monoisotopic (exact) mass is 335 g/mol. The molecule has 8 nitrogen and oxygen atoms in total. The number of urea groups is 1. The number of hydrogen-bond donors (Lipinski definition) is 2. The normalized spacial score (nSPS) is 26.9. The quantitative estimate of drug-likeness (QED) is 0.837. The lowest BCUT2D eigenvalue weighted by Gasteiger charge is -2.22. The van der Waals surface area contributed by atoms with E-state index in [1.807, 2.05) is 25.6 Å². The Balaban J connectivity index is 1.66. The molecule has 1 unspecified atom stereocenters. The van der Waals surface area contributed by atoms with Gasteiger partial charge in [0.1, 0.15) is 12.1 Å². The van der Waals surface area contributed by atoms with Gasteiger partial charge in [-0.2, -0.15) is 5.10 Å². The van der Waals surface area contributed by atoms with Crippen LogP contribution in [0.3, 0.4) is 0 Å². The third kappa shape index (κ3) is 2.98. The molecule has 1 aromatic rings. The van der Waals surface area contributed by atoms with Crippen LogP contribution in [0.25, 0.3) is 0 Å². The molecule has 2 saturated heterocycles. The molecule has 0 saturated carbocycles. The Hall–Kier alpha value is -2.09. The van der Waals surface area contributed by atoms with Crippen LogP contribution >= 0.6 is 0 Å². The number of nitrogens with zero attached hydrogens (tertiary/aromatic N) is 3. The Kier molecular flexibility index (Phi) is 4.49. The molecule has 3 atom stereocenters. The minimum Gasteiger partial charge on any atom is -0.371 e. The summed E-state index contributed by atoms with van der Waals surface area (Å²) in [6.45, 7) is 5.22. The number of carbonyl (C=O) groups excluding carboxylic acids is 2. The summed E-state index contributed by atoms with van der Waals surface area (Å²) in [7, 11) is 3.65. The Morgan fingerprint density at radius 1 is 1.25 bits per heavy atom. The smallest absolute Gasteiger partial charge is 0.315 e. The molecule has 0 aromatic carbocycles. The van der Waals surface area contributed by atoms with Gasteiger partial charge >= 0.3 is 6.03 Å². The first kappa shape index (κ1) is 16.8. The van der Waals surface area contributed by atoms with Crippen molar-refractivity contribution in [3.05, 3.63) is 17.0 Å². The molecule has 132 valence electrons. The third-order valence-corrected chi connectivity index (χ3v) is 4.99. The molecule has 2 aliphatic rings. The Labute approximate surface area is 141 Å². The lowest BCUT2D eigenvalue weighted by molar-refractivity contribution is -0.128. The first-order valence-corrected chi connectivity index (χ1v) is 8.32. The zero-order valence-corrected chi connectivity index (χ0v) is 14.6. The van der Waals surface area contributed by atoms with Gasteiger partial charge in [-0.25, -0.2) is 4.79 Å². The molecule has 8 heteroatoms. The highest BCUT2D eigenvalue weighted by Gasteiger charge is 2.36. The highest BCUT2D eigenvalue weighted by molar-refractivity contribution is 5.88. The number of hydrogen-bond acceptors (Lipinski definition) is 4. The summed E-state index contributed by atoms with van der Waals surface area (Å²) >= 11 is 0. The third-order valence-electron chi connectivity index (χ3n) is 4.99. The van der Waals surface area contributed by atoms with E-state index in [0.29, 0.717) is 19.6 Å². The predicted molar refractivity (Wildman–Crippen MR) is 87.5 cm³/mol. The average molecular weight is 335 g/mol. The topological polar surface area (TPSA) is 88.5 Å². The van der Waals surface area contributed by atoms with E-state index in [1.54, 1.807) is 11.9 Å². The van der Waals surface area contributed by atoms with Gasteiger partial charge in [0.15, 0.2) is 0 Å². The summed E-state index contributed by atoms with van der Waals surface area (Å²) in [5.74, 6) is -0.0386. The summed E-state index contributed by atoms with van der Waals surface area (Å²) in [4.78, 5) is 25.8. The van der Waals surface area contributed by atoms with Crippen molar-refractivity contribution in [2.45, 2.75) is 44.9 Å². The van der Waals surface area contributed by atoms with Crippen molar-refractivity contribution in [2.24, 2.45) is 7.05 Å². The molecule has 0 aliphatic carbocycles. The molecule has 0 radical (unpaired) electrons. The van der Waals surface area contributed by atoms with Crippen LogP contribution in [0, 0.1) is 13.8 Å². The van der Waals surface area contributed by atoms with Gasteiger partial charge in [-0.15, -0.1) is 0 Å². The highest BCUT2D eigenvalue weighted by Crippen LogP contribution is 2.33. The van der Waals surface area contributed by atoms with Gasteiger partial charge in [0, 0.05) is 38.5 Å². The molecule has 0 bridgehead atoms. The number of likely N-dealkylation sites (N-methyl/N-ethyl adjacent to an activating group) is 1. The molecule has 2 fully saturated rings. The van der Waals surface area contributed by atoms with Crippen LogP contribution in [-0.4, -0.2) is 58.9 Å². The predicted octanol–water partition coefficient (Wildman–Crippen LogP) is 0.397. The largest absolute Gasteiger partial charge is 0.371 e. The first-order valence-electron chi connectivity index (χ1n) is 8.32. The van der Waals surface area contributed by atoms with Gasteiger partial charge in [-0.3, -0.25) is 9.48 Å². The molecule has 0 spiro atoms. The van der Waals surface area contributed by atoms with Crippen molar-refractivity contribution in [1.29, 1.82) is 0 Å². The molecule has 24 heavy (non-hydrogen) atoms. The van der Waals surface area contributed by atoms with E-state index in [0.717, 1.165) is 23.4 Å². The number of aryl methyl sites for hydroxylation is 2. The van der Waals surface area contributed by atoms with Crippen LogP contribution in [-0.2, 0) is 16.6 Å². The van der Waals surface area contributed by atoms with Crippen molar-refractivity contribution in [3.63, 3.8) is 0 Å². The lowest BCUT2D eigenvalue weighted by Crippen LogP contribution is -2.49. The maximum atomic E-state index is 12.3. The van der Waals surface area contributed by atoms with Crippen LogP contribution in [0.4, 0.5) is 4.79 Å². The van der Waals surface area contributed by atoms with E-state index < -0.39 is 6.04 Å². The fourth-order valence-electron chi connectivity index (χ4n) is 3.55. The second-order valence-electron chi connectivity index (χ2n) is 6.61. The van der Waals surface area contributed by atoms with Crippen LogP contribution in [0.2, 0.25) is 0 Å². The number of rotatable bonds is 3. The van der Waals surface area contributed by atoms with Gasteiger partial charge in [-0.05, 0) is 26.7 Å². The Bertz CT molecular complexity index is 656. The maximum absolute atomic E-state index is 12.3. The standard InChI is InChI=1S/C16H25N5O3/c1-9-13(10(2)21(4)19-9)14-11(6-8-24-14)17-16(23)18-12-5-7-20(3)15(12)22/h11-12,14H,5-8H2,1-4H3,(H2,17,18,23)/t11-,12?,14-/m0/s1. The Morgan fingerprint density at radius 2 is 2.00 bits per heavy atom. The van der Waals surface area contributed by atoms with Crippen LogP contribution in [0.1, 0.15) is 35.9 Å². The first-order chi connectivity index (χ1) is 11.4. The van der Waals surface area contributed by atoms with E-state index in [9.17, 15) is 9.59 Å². The number of aromatic nitrogens is 2. The fourth-order valence-corrected chi connectivity index (χ4v) is 3.55. The lowest BCUT2D eigenvalue weighted by atomic mass is 10.0. The average Bonchev–Trinajstić information content (AvgIpc) is 3.15. The summed E-state index contributed by atoms with van der Waals surface area (Å²) in [6, 6.07) is -0.873. The molecular weight excluding hydrogens is 310 g/mol. The zero-order chi connectivity index (χ0) is 17.4. The minimum absolute atomic E-state index is 0.0386. The summed E-state index contributed by atoms with van der Waals surface area (Å²) in [5.41, 5.74) is 3.00. The van der Waals surface area contributed by atoms with Crippen LogP contribution in [0.15, 0.2) is 0 Å². The number of amides is 3. The molecule has 3 heterocycles. The molecule has 3 rings (SSSR count). The molecule has 2 aliphatic heterocycles. The summed E-state index contributed by atoms with van der Waals surface area (Å²) in [5, 5.41) is 10.2. The van der Waals surface area contributed by atoms with Crippen LogP contribution < -0.4 is 10.6 Å². The van der Waals surface area contributed by atoms with E-state index >= 15 is 0 Å². The van der Waals surface area contributed by atoms with Gasteiger partial charge < -0.3 is 20.3 Å². The Morgan fingerprint density at radius 3 is 2.58 bits per heavy atom. The molecule has 3 amide bonds. The maximum Gasteiger partial charge on any atom is 0.315 e. The SMILES string of the molecule is Cc1nn(C)c(C)c1[C@H]1OCC[C@@H]1NC(=O)NC1CCN(C)C1=O. The van der Waals surface area contributed by atoms with Gasteiger partial charge in [0.25, 0.3) is 0 Å². The molecular formula is C16H25N5O3. The molecule has 2 N–H and O–H groups in total. The van der Waals surface area contributed by atoms with Crippen molar-refractivity contribution in [2.75, 3.05) is 20.2 Å².